The van der Waals surface area contributed by atoms with Gasteiger partial charge in [0, 0.05) is 7.05 Å². The van der Waals surface area contributed by atoms with Crippen molar-refractivity contribution in [2.75, 3.05) is 5.73 Å². The number of hydrogen-bond acceptors (Lipinski definition) is 3. The molecule has 2 rings (SSSR count). The van der Waals surface area contributed by atoms with Gasteiger partial charge in [0.05, 0.1) is 11.2 Å². The fraction of sp³-hybridized carbons (Fsp3) is 0.100. The zero-order valence-electron chi connectivity index (χ0n) is 8.14. The van der Waals surface area contributed by atoms with Crippen molar-refractivity contribution in [1.29, 1.82) is 0 Å². The minimum absolute atomic E-state index is 0.417. The molecule has 0 saturated carbocycles. The number of nitrogen functional groups attached to an aromatic ring is 1. The van der Waals surface area contributed by atoms with Crippen molar-refractivity contribution in [1.82, 2.24) is 9.55 Å². The zero-order chi connectivity index (χ0) is 10.8. The van der Waals surface area contributed by atoms with E-state index in [1.165, 1.54) is 6.20 Å². The van der Waals surface area contributed by atoms with Gasteiger partial charge < -0.3 is 10.5 Å². The molecule has 78 valence electrons. The Morgan fingerprint density at radius 3 is 2.73 bits per heavy atom. The Bertz CT molecular complexity index is 481. The van der Waals surface area contributed by atoms with Gasteiger partial charge in [0.15, 0.2) is 0 Å². The van der Waals surface area contributed by atoms with Crippen molar-refractivity contribution in [2.45, 2.75) is 0 Å². The molecular formula is C10H10ClN3O. The molecule has 0 spiro atoms. The molecule has 0 radical (unpaired) electrons. The van der Waals surface area contributed by atoms with Gasteiger partial charge in [-0.2, -0.15) is 0 Å². The van der Waals surface area contributed by atoms with Gasteiger partial charge in [-0.1, -0.05) is 23.7 Å². The van der Waals surface area contributed by atoms with E-state index in [4.69, 9.17) is 22.1 Å². The summed E-state index contributed by atoms with van der Waals surface area (Å²) in [6, 6.07) is 7.62. The normalized spacial score (nSPS) is 10.3. The first-order chi connectivity index (χ1) is 7.18. The summed E-state index contributed by atoms with van der Waals surface area (Å²) in [6.07, 6.45) is 1.53. The van der Waals surface area contributed by atoms with Crippen molar-refractivity contribution in [3.8, 4) is 11.8 Å². The molecule has 0 aliphatic heterocycles. The predicted octanol–water partition coefficient (Wildman–Crippen LogP) is 2.45. The standard InChI is InChI=1S/C10H10ClN3O/c1-14-9(12)6-13-10(14)15-8-5-3-2-4-7(8)11/h2-6H,12H2,1H3. The molecule has 1 heterocycles. The van der Waals surface area contributed by atoms with E-state index < -0.39 is 0 Å². The maximum atomic E-state index is 5.94. The molecule has 0 atom stereocenters. The van der Waals surface area contributed by atoms with Crippen LogP contribution in [0.1, 0.15) is 0 Å². The average Bonchev–Trinajstić information content (AvgIpc) is 2.53. The Hall–Kier alpha value is -1.68. The number of rotatable bonds is 2. The van der Waals surface area contributed by atoms with E-state index in [0.29, 0.717) is 22.6 Å². The predicted molar refractivity (Wildman–Crippen MR) is 59.1 cm³/mol. The number of ether oxygens (including phenoxy) is 1. The fourth-order valence-electron chi connectivity index (χ4n) is 1.13. The first kappa shape index (κ1) is 9.86. The van der Waals surface area contributed by atoms with Gasteiger partial charge in [0.25, 0.3) is 0 Å². The van der Waals surface area contributed by atoms with Crippen LogP contribution in [0.2, 0.25) is 5.02 Å². The third-order valence-corrected chi connectivity index (χ3v) is 2.33. The van der Waals surface area contributed by atoms with Gasteiger partial charge in [-0.05, 0) is 12.1 Å². The van der Waals surface area contributed by atoms with Crippen molar-refractivity contribution in [3.63, 3.8) is 0 Å². The van der Waals surface area contributed by atoms with Crippen molar-refractivity contribution in [2.24, 2.45) is 7.05 Å². The van der Waals surface area contributed by atoms with Gasteiger partial charge in [0.2, 0.25) is 0 Å². The van der Waals surface area contributed by atoms with E-state index in [0.717, 1.165) is 0 Å². The number of nitrogens with zero attached hydrogens (tertiary/aromatic N) is 2. The molecule has 0 amide bonds. The molecule has 0 unspecified atom stereocenters. The smallest absolute Gasteiger partial charge is 0.303 e. The van der Waals surface area contributed by atoms with Crippen molar-refractivity contribution in [3.05, 3.63) is 35.5 Å². The molecule has 1 aromatic carbocycles. The Balaban J connectivity index is 2.30. The van der Waals surface area contributed by atoms with Crippen LogP contribution in [0.15, 0.2) is 30.5 Å². The van der Waals surface area contributed by atoms with Crippen LogP contribution in [-0.2, 0) is 7.05 Å². The molecular weight excluding hydrogens is 214 g/mol. The van der Waals surface area contributed by atoms with Crippen LogP contribution in [0.4, 0.5) is 5.82 Å². The Labute approximate surface area is 92.2 Å². The third kappa shape index (κ3) is 1.89. The summed E-state index contributed by atoms with van der Waals surface area (Å²) in [5.74, 6) is 1.10. The van der Waals surface area contributed by atoms with E-state index in [2.05, 4.69) is 4.98 Å². The van der Waals surface area contributed by atoms with Crippen molar-refractivity contribution < 1.29 is 4.74 Å². The monoisotopic (exact) mass is 223 g/mol. The molecule has 0 aliphatic rings. The molecule has 15 heavy (non-hydrogen) atoms. The number of hydrogen-bond donors (Lipinski definition) is 1. The maximum absolute atomic E-state index is 5.94. The minimum atomic E-state index is 0.417. The van der Waals surface area contributed by atoms with Crippen LogP contribution in [0, 0.1) is 0 Å². The third-order valence-electron chi connectivity index (χ3n) is 2.02. The van der Waals surface area contributed by atoms with Gasteiger partial charge in [-0.25, -0.2) is 4.98 Å². The molecule has 1 aromatic heterocycles. The number of imidazole rings is 1. The van der Waals surface area contributed by atoms with E-state index in [9.17, 15) is 0 Å². The maximum Gasteiger partial charge on any atom is 0.303 e. The first-order valence-electron chi connectivity index (χ1n) is 4.38. The van der Waals surface area contributed by atoms with E-state index in [-0.39, 0.29) is 0 Å². The Kier molecular flexibility index (Phi) is 2.51. The van der Waals surface area contributed by atoms with Gasteiger partial charge in [0.1, 0.15) is 11.6 Å². The lowest BCUT2D eigenvalue weighted by Gasteiger charge is -2.06. The topological polar surface area (TPSA) is 53.1 Å². The molecule has 4 nitrogen and oxygen atoms in total. The molecule has 2 N–H and O–H groups in total. The minimum Gasteiger partial charge on any atom is -0.424 e. The number of benzene rings is 1. The lowest BCUT2D eigenvalue weighted by molar-refractivity contribution is 0.426. The van der Waals surface area contributed by atoms with Crippen LogP contribution in [0.5, 0.6) is 11.8 Å². The van der Waals surface area contributed by atoms with E-state index >= 15 is 0 Å². The summed E-state index contributed by atoms with van der Waals surface area (Å²) < 4.78 is 7.14. The Morgan fingerprint density at radius 1 is 1.40 bits per heavy atom. The summed E-state index contributed by atoms with van der Waals surface area (Å²) in [7, 11) is 1.77. The molecule has 0 bridgehead atoms. The molecule has 5 heteroatoms. The lowest BCUT2D eigenvalue weighted by atomic mass is 10.3. The first-order valence-corrected chi connectivity index (χ1v) is 4.76. The quantitative estimate of drug-likeness (QED) is 0.851. The molecule has 0 aliphatic carbocycles. The number of anilines is 1. The highest BCUT2D eigenvalue weighted by atomic mass is 35.5. The van der Waals surface area contributed by atoms with Gasteiger partial charge in [-0.15, -0.1) is 0 Å². The second-order valence-electron chi connectivity index (χ2n) is 3.06. The van der Waals surface area contributed by atoms with Crippen LogP contribution in [-0.4, -0.2) is 9.55 Å². The van der Waals surface area contributed by atoms with Gasteiger partial charge >= 0.3 is 6.01 Å². The average molecular weight is 224 g/mol. The Morgan fingerprint density at radius 2 is 2.13 bits per heavy atom. The summed E-state index contributed by atoms with van der Waals surface area (Å²) in [6.45, 7) is 0. The highest BCUT2D eigenvalue weighted by Crippen LogP contribution is 2.28. The van der Waals surface area contributed by atoms with Crippen molar-refractivity contribution >= 4 is 17.4 Å². The molecule has 0 saturated heterocycles. The fourth-order valence-corrected chi connectivity index (χ4v) is 1.30. The SMILES string of the molecule is Cn1c(N)cnc1Oc1ccccc1Cl. The van der Waals surface area contributed by atoms with Crippen LogP contribution in [0.3, 0.4) is 0 Å². The van der Waals surface area contributed by atoms with E-state index in [1.807, 2.05) is 12.1 Å². The highest BCUT2D eigenvalue weighted by molar-refractivity contribution is 6.32. The summed E-state index contributed by atoms with van der Waals surface area (Å²) in [4.78, 5) is 4.01. The number of halogens is 1. The molecule has 2 aromatic rings. The lowest BCUT2D eigenvalue weighted by Crippen LogP contribution is -1.98. The summed E-state index contributed by atoms with van der Waals surface area (Å²) >= 11 is 5.94. The number of nitrogens with two attached hydrogens (primary N) is 1. The van der Waals surface area contributed by atoms with Crippen LogP contribution < -0.4 is 10.5 Å². The van der Waals surface area contributed by atoms with Crippen LogP contribution >= 0.6 is 11.6 Å². The van der Waals surface area contributed by atoms with E-state index in [1.54, 1.807) is 23.7 Å². The second-order valence-corrected chi connectivity index (χ2v) is 3.46. The number of para-hydroxylation sites is 1. The number of aromatic nitrogens is 2. The zero-order valence-corrected chi connectivity index (χ0v) is 8.90. The van der Waals surface area contributed by atoms with Crippen LogP contribution in [0.25, 0.3) is 0 Å². The van der Waals surface area contributed by atoms with Gasteiger partial charge in [-0.3, -0.25) is 4.57 Å². The largest absolute Gasteiger partial charge is 0.424 e. The summed E-state index contributed by atoms with van der Waals surface area (Å²) in [5, 5.41) is 0.541. The second kappa shape index (κ2) is 3.82. The summed E-state index contributed by atoms with van der Waals surface area (Å²) in [5.41, 5.74) is 5.62. The molecule has 0 fully saturated rings. The highest BCUT2D eigenvalue weighted by Gasteiger charge is 2.07.